The highest BCUT2D eigenvalue weighted by Gasteiger charge is 2.28. The number of carbonyl (C=O) groups is 1. The summed E-state index contributed by atoms with van der Waals surface area (Å²) in [6.45, 7) is 12.2. The molecule has 1 aromatic heterocycles. The molecule has 2 aliphatic heterocycles. The number of benzene rings is 1. The number of hydrogen-bond acceptors (Lipinski definition) is 6. The molecule has 174 valence electrons. The molecule has 0 atom stereocenters. The molecule has 0 bridgehead atoms. The Morgan fingerprint density at radius 1 is 1.18 bits per heavy atom. The summed E-state index contributed by atoms with van der Waals surface area (Å²) >= 11 is 0. The Bertz CT molecular complexity index is 1130. The number of esters is 1. The molecule has 0 unspecified atom stereocenters. The third-order valence-corrected chi connectivity index (χ3v) is 6.08. The van der Waals surface area contributed by atoms with Crippen LogP contribution in [0.5, 0.6) is 0 Å². The summed E-state index contributed by atoms with van der Waals surface area (Å²) in [7, 11) is 0. The number of aromatic nitrogens is 1. The highest BCUT2D eigenvalue weighted by molar-refractivity contribution is 6.22. The van der Waals surface area contributed by atoms with Crippen LogP contribution in [0.4, 0.5) is 0 Å². The van der Waals surface area contributed by atoms with Crippen LogP contribution in [0, 0.1) is 13.8 Å². The summed E-state index contributed by atoms with van der Waals surface area (Å²) in [5.41, 5.74) is 6.37. The number of aliphatic imine (C=N–C) groups is 1. The Morgan fingerprint density at radius 2 is 1.88 bits per heavy atom. The molecule has 3 heterocycles. The van der Waals surface area contributed by atoms with Crippen molar-refractivity contribution in [2.75, 3.05) is 32.9 Å². The minimum Gasteiger partial charge on any atom is -0.505 e. The Morgan fingerprint density at radius 3 is 2.55 bits per heavy atom. The van der Waals surface area contributed by atoms with E-state index >= 15 is 0 Å². The maximum atomic E-state index is 12.2. The van der Waals surface area contributed by atoms with Crippen LogP contribution in [-0.2, 0) is 20.8 Å². The maximum absolute atomic E-state index is 12.2. The van der Waals surface area contributed by atoms with Gasteiger partial charge in [0.25, 0.3) is 0 Å². The lowest BCUT2D eigenvalue weighted by Crippen LogP contribution is -2.35. The van der Waals surface area contributed by atoms with Crippen molar-refractivity contribution < 1.29 is 19.4 Å². The lowest BCUT2D eigenvalue weighted by Gasteiger charge is -2.26. The second kappa shape index (κ2) is 9.77. The SMILES string of the molecule is CCOC(=O)C1=C(O)/C(=C\c2cc(C)n(-c3ccc(CN4CCOCC4)cc3)c2C)N=C1C. The molecule has 0 aliphatic carbocycles. The minimum atomic E-state index is -0.553. The van der Waals surface area contributed by atoms with Gasteiger partial charge in [0.15, 0.2) is 5.76 Å². The number of aliphatic hydroxyl groups excluding tert-OH is 1. The zero-order valence-electron chi connectivity index (χ0n) is 19.7. The van der Waals surface area contributed by atoms with Gasteiger partial charge in [-0.1, -0.05) is 12.1 Å². The summed E-state index contributed by atoms with van der Waals surface area (Å²) in [6.07, 6.45) is 1.82. The van der Waals surface area contributed by atoms with Gasteiger partial charge >= 0.3 is 5.97 Å². The second-order valence-electron chi connectivity index (χ2n) is 8.39. The molecule has 0 saturated carbocycles. The first-order valence-corrected chi connectivity index (χ1v) is 11.4. The third kappa shape index (κ3) is 4.79. The van der Waals surface area contributed by atoms with Crippen molar-refractivity contribution in [2.45, 2.75) is 34.2 Å². The van der Waals surface area contributed by atoms with Crippen LogP contribution in [0.15, 0.2) is 52.4 Å². The number of rotatable bonds is 6. The van der Waals surface area contributed by atoms with Crippen molar-refractivity contribution in [1.82, 2.24) is 9.47 Å². The largest absolute Gasteiger partial charge is 0.505 e. The standard InChI is InChI=1S/C26H31N3O4/c1-5-33-26(31)24-18(3)27-23(25(24)30)15-21-14-17(2)29(19(21)4)22-8-6-20(7-9-22)16-28-10-12-32-13-11-28/h6-9,14-15,30H,5,10-13,16H2,1-4H3/b23-15+. The summed E-state index contributed by atoms with van der Waals surface area (Å²) in [4.78, 5) is 19.0. The van der Waals surface area contributed by atoms with E-state index in [1.165, 1.54) is 5.56 Å². The lowest BCUT2D eigenvalue weighted by atomic mass is 10.1. The number of aliphatic hydroxyl groups is 1. The first-order valence-electron chi connectivity index (χ1n) is 11.4. The molecule has 7 heteroatoms. The maximum Gasteiger partial charge on any atom is 0.343 e. The van der Waals surface area contributed by atoms with E-state index in [0.717, 1.165) is 55.5 Å². The number of morpholine rings is 1. The number of aryl methyl sites for hydroxylation is 1. The average Bonchev–Trinajstić information content (AvgIpc) is 3.23. The van der Waals surface area contributed by atoms with Gasteiger partial charge < -0.3 is 19.1 Å². The summed E-state index contributed by atoms with van der Waals surface area (Å²) in [5, 5.41) is 10.6. The molecule has 1 fully saturated rings. The summed E-state index contributed by atoms with van der Waals surface area (Å²) in [5.74, 6) is -0.689. The van der Waals surface area contributed by atoms with Crippen LogP contribution >= 0.6 is 0 Å². The van der Waals surface area contributed by atoms with Crippen LogP contribution < -0.4 is 0 Å². The molecule has 1 N–H and O–H groups in total. The number of nitrogens with zero attached hydrogens (tertiary/aromatic N) is 3. The molecule has 33 heavy (non-hydrogen) atoms. The molecule has 0 amide bonds. The van der Waals surface area contributed by atoms with Crippen LogP contribution in [0.25, 0.3) is 11.8 Å². The van der Waals surface area contributed by atoms with Crippen LogP contribution in [0.1, 0.15) is 36.4 Å². The van der Waals surface area contributed by atoms with E-state index in [2.05, 4.69) is 51.7 Å². The van der Waals surface area contributed by atoms with Crippen molar-refractivity contribution in [3.05, 3.63) is 69.9 Å². The van der Waals surface area contributed by atoms with Crippen molar-refractivity contribution in [2.24, 2.45) is 4.99 Å². The molecule has 2 aliphatic rings. The topological polar surface area (TPSA) is 76.3 Å². The molecule has 2 aromatic rings. The van der Waals surface area contributed by atoms with E-state index in [9.17, 15) is 9.90 Å². The van der Waals surface area contributed by atoms with Crippen LogP contribution in [0.3, 0.4) is 0 Å². The quantitative estimate of drug-likeness (QED) is 0.672. The molecule has 0 spiro atoms. The molecule has 4 rings (SSSR count). The van der Waals surface area contributed by atoms with Crippen molar-refractivity contribution in [3.8, 4) is 5.69 Å². The smallest absolute Gasteiger partial charge is 0.343 e. The highest BCUT2D eigenvalue weighted by atomic mass is 16.5. The van der Waals surface area contributed by atoms with Gasteiger partial charge in [0.05, 0.1) is 25.5 Å². The van der Waals surface area contributed by atoms with Crippen molar-refractivity contribution >= 4 is 17.8 Å². The molecule has 1 saturated heterocycles. The van der Waals surface area contributed by atoms with Gasteiger partial charge in [0.2, 0.25) is 0 Å². The van der Waals surface area contributed by atoms with E-state index in [0.29, 0.717) is 11.4 Å². The van der Waals surface area contributed by atoms with Gasteiger partial charge in [-0.05, 0) is 63.1 Å². The Balaban J connectivity index is 1.58. The average molecular weight is 450 g/mol. The van der Waals surface area contributed by atoms with Gasteiger partial charge in [0, 0.05) is 36.7 Å². The summed E-state index contributed by atoms with van der Waals surface area (Å²) < 4.78 is 12.7. The number of ether oxygens (including phenoxy) is 2. The Hall–Kier alpha value is -3.16. The van der Waals surface area contributed by atoms with Gasteiger partial charge in [-0.15, -0.1) is 0 Å². The molecule has 0 radical (unpaired) electrons. The van der Waals surface area contributed by atoms with Crippen molar-refractivity contribution in [3.63, 3.8) is 0 Å². The lowest BCUT2D eigenvalue weighted by molar-refractivity contribution is -0.138. The first kappa shape index (κ1) is 23.0. The number of hydrogen-bond donors (Lipinski definition) is 1. The normalized spacial score (nSPS) is 18.2. The fourth-order valence-electron chi connectivity index (χ4n) is 4.38. The molecule has 7 nitrogen and oxygen atoms in total. The molecular weight excluding hydrogens is 418 g/mol. The monoisotopic (exact) mass is 449 g/mol. The van der Waals surface area contributed by atoms with E-state index in [1.807, 2.05) is 13.0 Å². The zero-order chi connectivity index (χ0) is 23.5. The first-order chi connectivity index (χ1) is 15.9. The molecule has 1 aromatic carbocycles. The fraction of sp³-hybridized carbons (Fsp3) is 0.385. The van der Waals surface area contributed by atoms with Crippen LogP contribution in [-0.4, -0.2) is 59.2 Å². The van der Waals surface area contributed by atoms with Gasteiger partial charge in [-0.2, -0.15) is 0 Å². The van der Waals surface area contributed by atoms with Crippen molar-refractivity contribution in [1.29, 1.82) is 0 Å². The predicted molar refractivity (Wildman–Crippen MR) is 129 cm³/mol. The van der Waals surface area contributed by atoms with Gasteiger partial charge in [-0.3, -0.25) is 4.90 Å². The Kier molecular flexibility index (Phi) is 6.81. The van der Waals surface area contributed by atoms with E-state index in [4.69, 9.17) is 9.47 Å². The van der Waals surface area contributed by atoms with E-state index in [1.54, 1.807) is 13.8 Å². The second-order valence-corrected chi connectivity index (χ2v) is 8.39. The minimum absolute atomic E-state index is 0.132. The van der Waals surface area contributed by atoms with Gasteiger partial charge in [0.1, 0.15) is 11.3 Å². The number of carbonyl (C=O) groups excluding carboxylic acids is 1. The zero-order valence-corrected chi connectivity index (χ0v) is 19.7. The van der Waals surface area contributed by atoms with Crippen LogP contribution in [0.2, 0.25) is 0 Å². The van der Waals surface area contributed by atoms with E-state index in [-0.39, 0.29) is 17.9 Å². The predicted octanol–water partition coefficient (Wildman–Crippen LogP) is 4.12. The third-order valence-electron chi connectivity index (χ3n) is 6.08. The molecular formula is C26H31N3O4. The summed E-state index contributed by atoms with van der Waals surface area (Å²) in [6, 6.07) is 10.7. The van der Waals surface area contributed by atoms with E-state index < -0.39 is 5.97 Å². The highest BCUT2D eigenvalue weighted by Crippen LogP contribution is 2.29. The fourth-order valence-corrected chi connectivity index (χ4v) is 4.38. The Labute approximate surface area is 194 Å². The van der Waals surface area contributed by atoms with Gasteiger partial charge in [-0.25, -0.2) is 9.79 Å².